The van der Waals surface area contributed by atoms with Gasteiger partial charge in [0.05, 0.1) is 0 Å². The van der Waals surface area contributed by atoms with Gasteiger partial charge in [0.15, 0.2) is 0 Å². The van der Waals surface area contributed by atoms with Gasteiger partial charge in [0, 0.05) is 5.56 Å². The summed E-state index contributed by atoms with van der Waals surface area (Å²) in [5.41, 5.74) is 4.71. The van der Waals surface area contributed by atoms with E-state index in [1.54, 1.807) is 0 Å². The van der Waals surface area contributed by atoms with Crippen molar-refractivity contribution in [3.8, 4) is 5.75 Å². The fourth-order valence-corrected chi connectivity index (χ4v) is 2.16. The molecule has 0 fully saturated rings. The van der Waals surface area contributed by atoms with Gasteiger partial charge in [-0.3, -0.25) is 0 Å². The maximum Gasteiger partial charge on any atom is 0.130 e. The van der Waals surface area contributed by atoms with Crippen molar-refractivity contribution >= 4 is 5.76 Å². The second kappa shape index (κ2) is 5.96. The van der Waals surface area contributed by atoms with Gasteiger partial charge in [0.1, 0.15) is 11.5 Å². The lowest BCUT2D eigenvalue weighted by Crippen LogP contribution is -1.97. The summed E-state index contributed by atoms with van der Waals surface area (Å²) < 4.78 is 5.93. The third-order valence-electron chi connectivity index (χ3n) is 3.44. The molecular formula is C19H22O. The molecule has 0 aliphatic carbocycles. The van der Waals surface area contributed by atoms with Crippen LogP contribution in [0.3, 0.4) is 0 Å². The molecule has 0 saturated carbocycles. The molecular weight excluding hydrogens is 244 g/mol. The van der Waals surface area contributed by atoms with E-state index in [-0.39, 0.29) is 0 Å². The Bertz CT molecular complexity index is 623. The first-order valence-corrected chi connectivity index (χ1v) is 7.01. The topological polar surface area (TPSA) is 9.23 Å². The standard InChI is InChI=1S/C19H22O/c1-13(2)17-9-10-19(15(4)12-17)20-16(5)18-8-6-7-14(3)11-18/h6-13H,5H2,1-4H3. The Morgan fingerprint density at radius 3 is 2.40 bits per heavy atom. The van der Waals surface area contributed by atoms with Crippen molar-refractivity contribution in [2.24, 2.45) is 0 Å². The van der Waals surface area contributed by atoms with Gasteiger partial charge in [-0.15, -0.1) is 0 Å². The van der Waals surface area contributed by atoms with E-state index in [2.05, 4.69) is 58.5 Å². The van der Waals surface area contributed by atoms with Crippen molar-refractivity contribution in [2.45, 2.75) is 33.6 Å². The first-order valence-electron chi connectivity index (χ1n) is 7.01. The minimum atomic E-state index is 0.530. The van der Waals surface area contributed by atoms with E-state index in [1.165, 1.54) is 11.1 Å². The minimum absolute atomic E-state index is 0.530. The molecule has 104 valence electrons. The lowest BCUT2D eigenvalue weighted by molar-refractivity contribution is 0.512. The number of benzene rings is 2. The first kappa shape index (κ1) is 14.4. The molecule has 0 N–H and O–H groups in total. The highest BCUT2D eigenvalue weighted by Gasteiger charge is 2.07. The molecule has 0 spiro atoms. The lowest BCUT2D eigenvalue weighted by Gasteiger charge is -2.14. The fourth-order valence-electron chi connectivity index (χ4n) is 2.16. The third-order valence-corrected chi connectivity index (χ3v) is 3.44. The fraction of sp³-hybridized carbons (Fsp3) is 0.263. The Labute approximate surface area is 121 Å². The van der Waals surface area contributed by atoms with Crippen molar-refractivity contribution < 1.29 is 4.74 Å². The Hall–Kier alpha value is -2.02. The first-order chi connectivity index (χ1) is 9.47. The normalized spacial score (nSPS) is 10.7. The van der Waals surface area contributed by atoms with Crippen LogP contribution in [0.15, 0.2) is 49.0 Å². The summed E-state index contributed by atoms with van der Waals surface area (Å²) in [6, 6.07) is 14.5. The van der Waals surface area contributed by atoms with Crippen molar-refractivity contribution in [1.29, 1.82) is 0 Å². The highest BCUT2D eigenvalue weighted by molar-refractivity contribution is 5.61. The predicted octanol–water partition coefficient (Wildman–Crippen LogP) is 5.48. The monoisotopic (exact) mass is 266 g/mol. The number of aryl methyl sites for hydroxylation is 2. The van der Waals surface area contributed by atoms with Crippen LogP contribution in [0.2, 0.25) is 0 Å². The van der Waals surface area contributed by atoms with Gasteiger partial charge in [-0.1, -0.05) is 56.3 Å². The van der Waals surface area contributed by atoms with Gasteiger partial charge in [-0.25, -0.2) is 0 Å². The number of hydrogen-bond donors (Lipinski definition) is 0. The van der Waals surface area contributed by atoms with Crippen LogP contribution in [0.1, 0.15) is 42.0 Å². The van der Waals surface area contributed by atoms with Crippen LogP contribution in [-0.2, 0) is 0 Å². The molecule has 2 rings (SSSR count). The molecule has 0 bridgehead atoms. The van der Waals surface area contributed by atoms with E-state index >= 15 is 0 Å². The molecule has 0 aliphatic rings. The van der Waals surface area contributed by atoms with E-state index in [1.807, 2.05) is 18.2 Å². The molecule has 20 heavy (non-hydrogen) atoms. The minimum Gasteiger partial charge on any atom is -0.457 e. The lowest BCUT2D eigenvalue weighted by atomic mass is 10.0. The maximum absolute atomic E-state index is 5.93. The summed E-state index contributed by atoms with van der Waals surface area (Å²) in [6.45, 7) is 12.6. The van der Waals surface area contributed by atoms with Gasteiger partial charge < -0.3 is 4.74 Å². The SMILES string of the molecule is C=C(Oc1ccc(C(C)C)cc1C)c1cccc(C)c1. The molecule has 2 aromatic rings. The van der Waals surface area contributed by atoms with E-state index in [0.29, 0.717) is 11.7 Å². The van der Waals surface area contributed by atoms with Crippen LogP contribution in [0.4, 0.5) is 0 Å². The molecule has 2 aromatic carbocycles. The Morgan fingerprint density at radius 1 is 1.05 bits per heavy atom. The molecule has 0 aromatic heterocycles. The molecule has 1 heteroatoms. The molecule has 0 unspecified atom stereocenters. The Balaban J connectivity index is 2.20. The number of hydrogen-bond acceptors (Lipinski definition) is 1. The van der Waals surface area contributed by atoms with E-state index < -0.39 is 0 Å². The van der Waals surface area contributed by atoms with Crippen LogP contribution in [-0.4, -0.2) is 0 Å². The van der Waals surface area contributed by atoms with Crippen LogP contribution in [0, 0.1) is 13.8 Å². The Morgan fingerprint density at radius 2 is 1.80 bits per heavy atom. The van der Waals surface area contributed by atoms with Crippen molar-refractivity contribution in [3.63, 3.8) is 0 Å². The van der Waals surface area contributed by atoms with Gasteiger partial charge in [0.25, 0.3) is 0 Å². The van der Waals surface area contributed by atoms with Crippen LogP contribution >= 0.6 is 0 Å². The van der Waals surface area contributed by atoms with E-state index in [0.717, 1.165) is 16.9 Å². The van der Waals surface area contributed by atoms with E-state index in [4.69, 9.17) is 4.74 Å². The molecule has 0 amide bonds. The van der Waals surface area contributed by atoms with Crippen molar-refractivity contribution in [2.75, 3.05) is 0 Å². The van der Waals surface area contributed by atoms with Crippen molar-refractivity contribution in [3.05, 3.63) is 71.3 Å². The highest BCUT2D eigenvalue weighted by Crippen LogP contribution is 2.27. The molecule has 0 saturated heterocycles. The molecule has 0 aliphatic heterocycles. The Kier molecular flexibility index (Phi) is 4.29. The summed E-state index contributed by atoms with van der Waals surface area (Å²) >= 11 is 0. The number of ether oxygens (including phenoxy) is 1. The van der Waals surface area contributed by atoms with E-state index in [9.17, 15) is 0 Å². The summed E-state index contributed by atoms with van der Waals surface area (Å²) in [5.74, 6) is 2.10. The highest BCUT2D eigenvalue weighted by atomic mass is 16.5. The maximum atomic E-state index is 5.93. The average Bonchev–Trinajstić information content (AvgIpc) is 2.40. The second-order valence-corrected chi connectivity index (χ2v) is 5.57. The van der Waals surface area contributed by atoms with Crippen LogP contribution < -0.4 is 4.74 Å². The molecule has 0 heterocycles. The average molecular weight is 266 g/mol. The summed E-state index contributed by atoms with van der Waals surface area (Å²) in [5, 5.41) is 0. The summed E-state index contributed by atoms with van der Waals surface area (Å²) in [4.78, 5) is 0. The van der Waals surface area contributed by atoms with Gasteiger partial charge in [-0.2, -0.15) is 0 Å². The zero-order valence-electron chi connectivity index (χ0n) is 12.7. The molecule has 0 atom stereocenters. The third kappa shape index (κ3) is 3.30. The van der Waals surface area contributed by atoms with Crippen LogP contribution in [0.25, 0.3) is 5.76 Å². The smallest absolute Gasteiger partial charge is 0.130 e. The second-order valence-electron chi connectivity index (χ2n) is 5.57. The summed E-state index contributed by atoms with van der Waals surface area (Å²) in [7, 11) is 0. The zero-order chi connectivity index (χ0) is 14.7. The molecule has 1 nitrogen and oxygen atoms in total. The summed E-state index contributed by atoms with van der Waals surface area (Å²) in [6.07, 6.45) is 0. The predicted molar refractivity (Wildman–Crippen MR) is 86.1 cm³/mol. The quantitative estimate of drug-likeness (QED) is 0.666. The van der Waals surface area contributed by atoms with Crippen molar-refractivity contribution in [1.82, 2.24) is 0 Å². The van der Waals surface area contributed by atoms with Gasteiger partial charge in [0.2, 0.25) is 0 Å². The van der Waals surface area contributed by atoms with Gasteiger partial charge >= 0.3 is 0 Å². The zero-order valence-corrected chi connectivity index (χ0v) is 12.7. The van der Waals surface area contributed by atoms with Crippen LogP contribution in [0.5, 0.6) is 5.75 Å². The largest absolute Gasteiger partial charge is 0.457 e. The molecule has 0 radical (unpaired) electrons. The number of rotatable bonds is 4. The van der Waals surface area contributed by atoms with Gasteiger partial charge in [-0.05, 0) is 43.0 Å².